The van der Waals surface area contributed by atoms with Gasteiger partial charge >= 0.3 is 0 Å². The molecule has 1 atom stereocenters. The highest BCUT2D eigenvalue weighted by atomic mass is 16.5. The number of ether oxygens (including phenoxy) is 1. The van der Waals surface area contributed by atoms with E-state index >= 15 is 0 Å². The Bertz CT molecular complexity index is 498. The van der Waals surface area contributed by atoms with E-state index in [1.165, 1.54) is 0 Å². The lowest BCUT2D eigenvalue weighted by atomic mass is 10.1. The van der Waals surface area contributed by atoms with Crippen LogP contribution in [0.5, 0.6) is 0 Å². The Labute approximate surface area is 132 Å². The fourth-order valence-electron chi connectivity index (χ4n) is 2.61. The molecule has 7 nitrogen and oxygen atoms in total. The van der Waals surface area contributed by atoms with Crippen LogP contribution in [-0.2, 0) is 18.3 Å². The molecule has 0 amide bonds. The third kappa shape index (κ3) is 4.19. The molecule has 1 aliphatic rings. The number of aromatic nitrogens is 3. The molecule has 0 radical (unpaired) electrons. The molecular formula is C15H28N6O. The molecular weight excluding hydrogens is 280 g/mol. The van der Waals surface area contributed by atoms with Crippen molar-refractivity contribution in [3.05, 3.63) is 11.6 Å². The molecule has 1 aromatic rings. The number of aryl methyl sites for hydroxylation is 1. The molecule has 124 valence electrons. The zero-order valence-electron chi connectivity index (χ0n) is 14.2. The summed E-state index contributed by atoms with van der Waals surface area (Å²) in [6.07, 6.45) is 1.16. The van der Waals surface area contributed by atoms with E-state index in [1.54, 1.807) is 0 Å². The predicted molar refractivity (Wildman–Crippen MR) is 86.7 cm³/mol. The minimum absolute atomic E-state index is 0.548. The Balaban J connectivity index is 1.97. The lowest BCUT2D eigenvalue weighted by molar-refractivity contribution is 0.114. The van der Waals surface area contributed by atoms with E-state index in [9.17, 15) is 0 Å². The van der Waals surface area contributed by atoms with Crippen molar-refractivity contribution in [1.29, 1.82) is 0 Å². The second-order valence-electron chi connectivity index (χ2n) is 5.65. The Kier molecular flexibility index (Phi) is 6.18. The molecule has 1 N–H and O–H groups in total. The molecule has 1 aliphatic heterocycles. The number of nitrogens with one attached hydrogen (secondary N) is 1. The third-order valence-corrected chi connectivity index (χ3v) is 4.03. The molecule has 1 saturated heterocycles. The highest BCUT2D eigenvalue weighted by molar-refractivity contribution is 5.80. The van der Waals surface area contributed by atoms with Gasteiger partial charge < -0.3 is 19.5 Å². The van der Waals surface area contributed by atoms with Gasteiger partial charge in [0.05, 0.1) is 6.61 Å². The van der Waals surface area contributed by atoms with Crippen LogP contribution in [0.3, 0.4) is 0 Å². The van der Waals surface area contributed by atoms with Gasteiger partial charge in [0, 0.05) is 39.2 Å². The van der Waals surface area contributed by atoms with Crippen molar-refractivity contribution in [3.63, 3.8) is 0 Å². The zero-order valence-corrected chi connectivity index (χ0v) is 14.2. The van der Waals surface area contributed by atoms with E-state index < -0.39 is 0 Å². The van der Waals surface area contributed by atoms with E-state index in [2.05, 4.69) is 27.3 Å². The number of hydrogen-bond acceptors (Lipinski definition) is 4. The number of rotatable bonds is 6. The maximum Gasteiger partial charge on any atom is 0.194 e. The summed E-state index contributed by atoms with van der Waals surface area (Å²) < 4.78 is 7.53. The monoisotopic (exact) mass is 308 g/mol. The predicted octanol–water partition coefficient (Wildman–Crippen LogP) is 0.947. The Hall–Kier alpha value is -1.63. The van der Waals surface area contributed by atoms with Crippen LogP contribution in [0.15, 0.2) is 4.99 Å². The van der Waals surface area contributed by atoms with Crippen molar-refractivity contribution in [2.24, 2.45) is 18.0 Å². The van der Waals surface area contributed by atoms with Crippen LogP contribution in [0, 0.1) is 12.8 Å². The third-order valence-electron chi connectivity index (χ3n) is 4.03. The van der Waals surface area contributed by atoms with E-state index in [0.29, 0.717) is 12.5 Å². The first-order valence-electron chi connectivity index (χ1n) is 8.11. The standard InChI is InChI=1S/C15H28N6O/c1-5-16-15(17-9-14-19-18-12(3)20(14)4)21-8-7-13(10-21)11-22-6-2/h13H,5-11H2,1-4H3,(H,16,17). The average Bonchev–Trinajstić information content (AvgIpc) is 3.10. The van der Waals surface area contributed by atoms with Crippen LogP contribution in [0.25, 0.3) is 0 Å². The van der Waals surface area contributed by atoms with E-state index in [-0.39, 0.29) is 0 Å². The van der Waals surface area contributed by atoms with Gasteiger partial charge in [-0.15, -0.1) is 10.2 Å². The van der Waals surface area contributed by atoms with Crippen molar-refractivity contribution in [2.75, 3.05) is 32.8 Å². The number of likely N-dealkylation sites (tertiary alicyclic amines) is 1. The normalized spacial score (nSPS) is 19.0. The fourth-order valence-corrected chi connectivity index (χ4v) is 2.61. The molecule has 1 aromatic heterocycles. The van der Waals surface area contributed by atoms with Crippen LogP contribution in [0.4, 0.5) is 0 Å². The minimum Gasteiger partial charge on any atom is -0.381 e. The van der Waals surface area contributed by atoms with Crippen molar-refractivity contribution in [2.45, 2.75) is 33.7 Å². The number of hydrogen-bond donors (Lipinski definition) is 1. The Morgan fingerprint density at radius 3 is 2.86 bits per heavy atom. The summed E-state index contributed by atoms with van der Waals surface area (Å²) in [5.41, 5.74) is 0. The van der Waals surface area contributed by atoms with Gasteiger partial charge in [-0.1, -0.05) is 0 Å². The molecule has 0 aromatic carbocycles. The van der Waals surface area contributed by atoms with Crippen molar-refractivity contribution < 1.29 is 4.74 Å². The highest BCUT2D eigenvalue weighted by Gasteiger charge is 2.24. The van der Waals surface area contributed by atoms with Crippen LogP contribution < -0.4 is 5.32 Å². The second-order valence-corrected chi connectivity index (χ2v) is 5.65. The topological polar surface area (TPSA) is 67.6 Å². The van der Waals surface area contributed by atoms with Crippen molar-refractivity contribution >= 4 is 5.96 Å². The van der Waals surface area contributed by atoms with Gasteiger partial charge in [-0.3, -0.25) is 0 Å². The number of aliphatic imine (C=N–C) groups is 1. The van der Waals surface area contributed by atoms with Gasteiger partial charge in [0.1, 0.15) is 12.4 Å². The van der Waals surface area contributed by atoms with Crippen LogP contribution >= 0.6 is 0 Å². The first-order chi connectivity index (χ1) is 10.7. The van der Waals surface area contributed by atoms with E-state index in [0.717, 1.165) is 56.9 Å². The molecule has 0 spiro atoms. The van der Waals surface area contributed by atoms with Crippen molar-refractivity contribution in [3.8, 4) is 0 Å². The lowest BCUT2D eigenvalue weighted by Gasteiger charge is -2.21. The number of nitrogens with zero attached hydrogens (tertiary/aromatic N) is 5. The van der Waals surface area contributed by atoms with Gasteiger partial charge in [0.25, 0.3) is 0 Å². The summed E-state index contributed by atoms with van der Waals surface area (Å²) in [5.74, 6) is 3.36. The van der Waals surface area contributed by atoms with Gasteiger partial charge in [-0.2, -0.15) is 0 Å². The second kappa shape index (κ2) is 8.12. The summed E-state index contributed by atoms with van der Waals surface area (Å²) in [7, 11) is 1.97. The zero-order chi connectivity index (χ0) is 15.9. The molecule has 0 bridgehead atoms. The molecule has 7 heteroatoms. The maximum atomic E-state index is 5.54. The summed E-state index contributed by atoms with van der Waals surface area (Å²) >= 11 is 0. The fraction of sp³-hybridized carbons (Fsp3) is 0.800. The molecule has 1 unspecified atom stereocenters. The van der Waals surface area contributed by atoms with Crippen LogP contribution in [0.1, 0.15) is 31.9 Å². The molecule has 2 rings (SSSR count). The smallest absolute Gasteiger partial charge is 0.194 e. The molecule has 22 heavy (non-hydrogen) atoms. The van der Waals surface area contributed by atoms with E-state index in [4.69, 9.17) is 9.73 Å². The molecule has 0 saturated carbocycles. The Morgan fingerprint density at radius 1 is 1.41 bits per heavy atom. The number of guanidine groups is 1. The summed E-state index contributed by atoms with van der Waals surface area (Å²) in [6, 6.07) is 0. The minimum atomic E-state index is 0.548. The van der Waals surface area contributed by atoms with Crippen LogP contribution in [0.2, 0.25) is 0 Å². The highest BCUT2D eigenvalue weighted by Crippen LogP contribution is 2.16. The first kappa shape index (κ1) is 16.7. The summed E-state index contributed by atoms with van der Waals surface area (Å²) in [6.45, 7) is 11.2. The largest absolute Gasteiger partial charge is 0.381 e. The molecule has 0 aliphatic carbocycles. The van der Waals surface area contributed by atoms with Gasteiger partial charge in [-0.25, -0.2) is 4.99 Å². The van der Waals surface area contributed by atoms with Crippen molar-refractivity contribution in [1.82, 2.24) is 25.0 Å². The lowest BCUT2D eigenvalue weighted by Crippen LogP contribution is -2.40. The van der Waals surface area contributed by atoms with E-state index in [1.807, 2.05) is 25.5 Å². The van der Waals surface area contributed by atoms with Gasteiger partial charge in [0.15, 0.2) is 11.8 Å². The Morgan fingerprint density at radius 2 is 2.23 bits per heavy atom. The summed E-state index contributed by atoms with van der Waals surface area (Å²) in [4.78, 5) is 7.04. The average molecular weight is 308 g/mol. The molecule has 2 heterocycles. The maximum absolute atomic E-state index is 5.54. The van der Waals surface area contributed by atoms with Gasteiger partial charge in [0.2, 0.25) is 0 Å². The first-order valence-corrected chi connectivity index (χ1v) is 8.11. The SMILES string of the molecule is CCNC(=NCc1nnc(C)n1C)N1CCC(COCC)C1. The quantitative estimate of drug-likeness (QED) is 0.626. The molecule has 1 fully saturated rings. The summed E-state index contributed by atoms with van der Waals surface area (Å²) in [5, 5.41) is 11.6. The van der Waals surface area contributed by atoms with Gasteiger partial charge in [-0.05, 0) is 27.2 Å². The van der Waals surface area contributed by atoms with Crippen LogP contribution in [-0.4, -0.2) is 58.5 Å².